The maximum absolute atomic E-state index is 11.9. The summed E-state index contributed by atoms with van der Waals surface area (Å²) >= 11 is 0. The number of nitrogens with zero attached hydrogens (tertiary/aromatic N) is 1. The summed E-state index contributed by atoms with van der Waals surface area (Å²) < 4.78 is 0. The lowest BCUT2D eigenvalue weighted by molar-refractivity contribution is -0.139. The summed E-state index contributed by atoms with van der Waals surface area (Å²) in [6.07, 6.45) is 6.59. The van der Waals surface area contributed by atoms with Crippen LogP contribution in [-0.4, -0.2) is 53.7 Å². The SMILES string of the molecule is CCN(CC(=O)O)C1CC(NC(=O)NCC2(C)CCCC2)C1. The van der Waals surface area contributed by atoms with Crippen molar-refractivity contribution >= 4 is 12.0 Å². The molecule has 0 bridgehead atoms. The highest BCUT2D eigenvalue weighted by Gasteiger charge is 2.35. The second-order valence-electron chi connectivity index (χ2n) is 7.12. The zero-order valence-corrected chi connectivity index (χ0v) is 13.7. The zero-order chi connectivity index (χ0) is 16.2. The van der Waals surface area contributed by atoms with Gasteiger partial charge in [-0.3, -0.25) is 9.69 Å². The number of nitrogens with one attached hydrogen (secondary N) is 2. The Morgan fingerprint density at radius 2 is 1.91 bits per heavy atom. The molecule has 2 aliphatic rings. The third-order valence-electron chi connectivity index (χ3n) is 5.20. The molecule has 0 aromatic carbocycles. The normalized spacial score (nSPS) is 26.5. The molecule has 6 nitrogen and oxygen atoms in total. The summed E-state index contributed by atoms with van der Waals surface area (Å²) in [5.41, 5.74) is 0.264. The van der Waals surface area contributed by atoms with Gasteiger partial charge in [0.25, 0.3) is 0 Å². The number of hydrogen-bond donors (Lipinski definition) is 3. The minimum atomic E-state index is -0.791. The van der Waals surface area contributed by atoms with E-state index in [-0.39, 0.29) is 30.1 Å². The Bertz CT molecular complexity index is 401. The molecule has 0 aromatic heterocycles. The second kappa shape index (κ2) is 7.31. The van der Waals surface area contributed by atoms with Crippen molar-refractivity contribution in [2.75, 3.05) is 19.6 Å². The average Bonchev–Trinajstić information content (AvgIpc) is 2.85. The smallest absolute Gasteiger partial charge is 0.317 e. The lowest BCUT2D eigenvalue weighted by Gasteiger charge is -2.42. The van der Waals surface area contributed by atoms with E-state index >= 15 is 0 Å². The van der Waals surface area contributed by atoms with E-state index in [1.165, 1.54) is 25.7 Å². The van der Waals surface area contributed by atoms with E-state index in [0.29, 0.717) is 0 Å². The van der Waals surface area contributed by atoms with Gasteiger partial charge < -0.3 is 15.7 Å². The lowest BCUT2D eigenvalue weighted by atomic mass is 9.85. The van der Waals surface area contributed by atoms with E-state index in [4.69, 9.17) is 5.11 Å². The summed E-state index contributed by atoms with van der Waals surface area (Å²) in [4.78, 5) is 24.7. The van der Waals surface area contributed by atoms with Gasteiger partial charge in [-0.1, -0.05) is 26.7 Å². The van der Waals surface area contributed by atoms with Gasteiger partial charge in [0, 0.05) is 18.6 Å². The number of likely N-dealkylation sites (N-methyl/N-ethyl adjacent to an activating group) is 1. The molecule has 2 saturated carbocycles. The third-order valence-corrected chi connectivity index (χ3v) is 5.20. The van der Waals surface area contributed by atoms with Crippen molar-refractivity contribution in [1.29, 1.82) is 0 Å². The van der Waals surface area contributed by atoms with Crippen LogP contribution in [0, 0.1) is 5.41 Å². The van der Waals surface area contributed by atoms with Crippen LogP contribution in [0.1, 0.15) is 52.4 Å². The van der Waals surface area contributed by atoms with Crippen molar-refractivity contribution in [3.05, 3.63) is 0 Å². The minimum absolute atomic E-state index is 0.0818. The first kappa shape index (κ1) is 17.1. The first-order valence-electron chi connectivity index (χ1n) is 8.42. The van der Waals surface area contributed by atoms with Gasteiger partial charge >= 0.3 is 12.0 Å². The van der Waals surface area contributed by atoms with E-state index in [1.807, 2.05) is 11.8 Å². The maximum atomic E-state index is 11.9. The molecule has 2 aliphatic carbocycles. The Morgan fingerprint density at radius 1 is 1.27 bits per heavy atom. The number of carbonyl (C=O) groups is 2. The Labute approximate surface area is 132 Å². The van der Waals surface area contributed by atoms with Crippen molar-refractivity contribution < 1.29 is 14.7 Å². The van der Waals surface area contributed by atoms with Gasteiger partial charge in [0.15, 0.2) is 0 Å². The molecule has 2 amide bonds. The van der Waals surface area contributed by atoms with Crippen LogP contribution in [0.5, 0.6) is 0 Å². The molecule has 22 heavy (non-hydrogen) atoms. The first-order chi connectivity index (χ1) is 10.4. The standard InChI is InChI=1S/C16H29N3O3/c1-3-19(10-14(20)21)13-8-12(9-13)18-15(22)17-11-16(2)6-4-5-7-16/h12-13H,3-11H2,1-2H3,(H,20,21)(H2,17,18,22). The average molecular weight is 311 g/mol. The van der Waals surface area contributed by atoms with Gasteiger partial charge in [0.05, 0.1) is 6.54 Å². The molecule has 2 rings (SSSR count). The fourth-order valence-corrected chi connectivity index (χ4v) is 3.61. The van der Waals surface area contributed by atoms with Crippen LogP contribution in [0.4, 0.5) is 4.79 Å². The Morgan fingerprint density at radius 3 is 2.45 bits per heavy atom. The number of carboxylic acid groups (broad SMARTS) is 1. The van der Waals surface area contributed by atoms with Crippen LogP contribution in [-0.2, 0) is 4.79 Å². The number of hydrogen-bond acceptors (Lipinski definition) is 3. The predicted octanol–water partition coefficient (Wildman–Crippen LogP) is 1.80. The maximum Gasteiger partial charge on any atom is 0.317 e. The zero-order valence-electron chi connectivity index (χ0n) is 13.7. The van der Waals surface area contributed by atoms with E-state index in [1.54, 1.807) is 0 Å². The summed E-state index contributed by atoms with van der Waals surface area (Å²) in [6, 6.07) is 0.362. The largest absolute Gasteiger partial charge is 0.480 e. The molecule has 0 spiro atoms. The van der Waals surface area contributed by atoms with Crippen molar-refractivity contribution in [3.8, 4) is 0 Å². The van der Waals surface area contributed by atoms with Crippen molar-refractivity contribution in [3.63, 3.8) is 0 Å². The topological polar surface area (TPSA) is 81.7 Å². The van der Waals surface area contributed by atoms with Crippen LogP contribution < -0.4 is 10.6 Å². The first-order valence-corrected chi connectivity index (χ1v) is 8.42. The predicted molar refractivity (Wildman–Crippen MR) is 84.8 cm³/mol. The number of carboxylic acids is 1. The Hall–Kier alpha value is -1.30. The number of urea groups is 1. The van der Waals surface area contributed by atoms with Crippen LogP contribution in [0.2, 0.25) is 0 Å². The molecule has 0 aliphatic heterocycles. The fourth-order valence-electron chi connectivity index (χ4n) is 3.61. The van der Waals surface area contributed by atoms with Crippen molar-refractivity contribution in [1.82, 2.24) is 15.5 Å². The van der Waals surface area contributed by atoms with Gasteiger partial charge in [-0.15, -0.1) is 0 Å². The van der Waals surface area contributed by atoms with Crippen molar-refractivity contribution in [2.24, 2.45) is 5.41 Å². The molecule has 6 heteroatoms. The van der Waals surface area contributed by atoms with E-state index in [9.17, 15) is 9.59 Å². The molecule has 3 N–H and O–H groups in total. The highest BCUT2D eigenvalue weighted by molar-refractivity contribution is 5.74. The Kier molecular flexibility index (Phi) is 5.67. The molecule has 0 unspecified atom stereocenters. The summed E-state index contributed by atoms with van der Waals surface area (Å²) in [7, 11) is 0. The summed E-state index contributed by atoms with van der Waals surface area (Å²) in [5, 5.41) is 14.9. The lowest BCUT2D eigenvalue weighted by Crippen LogP contribution is -2.56. The van der Waals surface area contributed by atoms with Gasteiger partial charge in [0.2, 0.25) is 0 Å². The number of carbonyl (C=O) groups excluding carboxylic acids is 1. The minimum Gasteiger partial charge on any atom is -0.480 e. The molecule has 0 atom stereocenters. The molecular weight excluding hydrogens is 282 g/mol. The number of amides is 2. The second-order valence-corrected chi connectivity index (χ2v) is 7.12. The fraction of sp³-hybridized carbons (Fsp3) is 0.875. The van der Waals surface area contributed by atoms with Gasteiger partial charge in [-0.2, -0.15) is 0 Å². The molecule has 2 fully saturated rings. The van der Waals surface area contributed by atoms with Gasteiger partial charge in [-0.25, -0.2) is 4.79 Å². The summed E-state index contributed by atoms with van der Waals surface area (Å²) in [6.45, 7) is 5.77. The number of aliphatic carboxylic acids is 1. The van der Waals surface area contributed by atoms with E-state index in [0.717, 1.165) is 25.9 Å². The van der Waals surface area contributed by atoms with Crippen molar-refractivity contribution in [2.45, 2.75) is 64.5 Å². The highest BCUT2D eigenvalue weighted by Crippen LogP contribution is 2.36. The van der Waals surface area contributed by atoms with Gasteiger partial charge in [-0.05, 0) is 37.6 Å². The van der Waals surface area contributed by atoms with Crippen LogP contribution >= 0.6 is 0 Å². The monoisotopic (exact) mass is 311 g/mol. The van der Waals surface area contributed by atoms with Crippen LogP contribution in [0.3, 0.4) is 0 Å². The summed E-state index contributed by atoms with van der Waals surface area (Å²) in [5.74, 6) is -0.791. The molecule has 0 radical (unpaired) electrons. The molecular formula is C16H29N3O3. The molecule has 0 saturated heterocycles. The van der Waals surface area contributed by atoms with E-state index in [2.05, 4.69) is 17.6 Å². The number of rotatable bonds is 7. The van der Waals surface area contributed by atoms with Crippen LogP contribution in [0.15, 0.2) is 0 Å². The van der Waals surface area contributed by atoms with Crippen LogP contribution in [0.25, 0.3) is 0 Å². The third kappa shape index (κ3) is 4.60. The molecule has 126 valence electrons. The van der Waals surface area contributed by atoms with Gasteiger partial charge in [0.1, 0.15) is 0 Å². The Balaban J connectivity index is 1.64. The highest BCUT2D eigenvalue weighted by atomic mass is 16.4. The van der Waals surface area contributed by atoms with E-state index < -0.39 is 5.97 Å². The molecule has 0 aromatic rings. The molecule has 0 heterocycles. The quantitative estimate of drug-likeness (QED) is 0.669.